The van der Waals surface area contributed by atoms with Gasteiger partial charge in [-0.15, -0.1) is 0 Å². The van der Waals surface area contributed by atoms with Gasteiger partial charge in [0.05, 0.1) is 0 Å². The molecule has 0 aliphatic carbocycles. The molecule has 0 heterocycles. The summed E-state index contributed by atoms with van der Waals surface area (Å²) in [6, 6.07) is 16.3. The maximum atomic E-state index is 5.89. The van der Waals surface area contributed by atoms with Gasteiger partial charge >= 0.3 is 0 Å². The predicted molar refractivity (Wildman–Crippen MR) is 109 cm³/mol. The second-order valence-electron chi connectivity index (χ2n) is 6.49. The van der Waals surface area contributed by atoms with Crippen LogP contribution in [0, 0.1) is 0 Å². The highest BCUT2D eigenvalue weighted by Gasteiger charge is 1.97. The fourth-order valence-corrected chi connectivity index (χ4v) is 3.08. The first-order valence-electron chi connectivity index (χ1n) is 9.31. The molecule has 3 heteroatoms. The zero-order valence-electron chi connectivity index (χ0n) is 14.9. The number of halogens is 2. The molecule has 0 radical (unpaired) electrons. The predicted octanol–water partition coefficient (Wildman–Crippen LogP) is 7.14. The average Bonchev–Trinajstić information content (AvgIpc) is 2.63. The largest absolute Gasteiger partial charge is 0.381 e. The molecule has 2 rings (SSSR count). The fraction of sp³-hybridized carbons (Fsp3) is 0.455. The Hall–Kier alpha value is -1.02. The second kappa shape index (κ2) is 12.4. The van der Waals surface area contributed by atoms with Crippen LogP contribution >= 0.6 is 23.2 Å². The summed E-state index contributed by atoms with van der Waals surface area (Å²) in [6.07, 6.45) is 9.43. The minimum absolute atomic E-state index is 0.810. The molecule has 0 saturated heterocycles. The summed E-state index contributed by atoms with van der Waals surface area (Å²) in [5, 5.41) is 1.62. The number of hydrogen-bond acceptors (Lipinski definition) is 1. The van der Waals surface area contributed by atoms with E-state index in [0.29, 0.717) is 0 Å². The highest BCUT2D eigenvalue weighted by atomic mass is 35.5. The van der Waals surface area contributed by atoms with E-state index in [2.05, 4.69) is 24.3 Å². The van der Waals surface area contributed by atoms with Crippen LogP contribution in [0.15, 0.2) is 48.5 Å². The van der Waals surface area contributed by atoms with Crippen molar-refractivity contribution in [1.29, 1.82) is 0 Å². The number of unbranched alkanes of at least 4 members (excludes halogenated alkanes) is 4. The van der Waals surface area contributed by atoms with E-state index in [0.717, 1.165) is 48.9 Å². The molecule has 0 saturated carbocycles. The maximum absolute atomic E-state index is 5.89. The molecule has 0 aliphatic rings. The molecular weight excluding hydrogens is 351 g/mol. The van der Waals surface area contributed by atoms with Crippen molar-refractivity contribution in [2.75, 3.05) is 13.2 Å². The highest BCUT2D eigenvalue weighted by Crippen LogP contribution is 2.13. The van der Waals surface area contributed by atoms with Gasteiger partial charge in [-0.05, 0) is 73.9 Å². The minimum atomic E-state index is 0.810. The molecule has 0 atom stereocenters. The van der Waals surface area contributed by atoms with E-state index >= 15 is 0 Å². The number of aryl methyl sites for hydroxylation is 2. The topological polar surface area (TPSA) is 9.23 Å². The number of rotatable bonds is 12. The molecule has 2 aromatic carbocycles. The number of benzene rings is 2. The Morgan fingerprint density at radius 1 is 0.520 bits per heavy atom. The minimum Gasteiger partial charge on any atom is -0.381 e. The van der Waals surface area contributed by atoms with E-state index in [1.165, 1.54) is 36.8 Å². The molecule has 0 aliphatic heterocycles. The maximum Gasteiger partial charge on any atom is 0.0466 e. The first-order valence-corrected chi connectivity index (χ1v) is 10.1. The molecule has 0 unspecified atom stereocenters. The van der Waals surface area contributed by atoms with Crippen molar-refractivity contribution in [3.8, 4) is 0 Å². The highest BCUT2D eigenvalue weighted by molar-refractivity contribution is 6.30. The van der Waals surface area contributed by atoms with Crippen LogP contribution in [-0.2, 0) is 17.6 Å². The molecule has 1 nitrogen and oxygen atoms in total. The van der Waals surface area contributed by atoms with Crippen molar-refractivity contribution in [2.45, 2.75) is 51.4 Å². The second-order valence-corrected chi connectivity index (χ2v) is 7.36. The van der Waals surface area contributed by atoms with Gasteiger partial charge in [0.1, 0.15) is 0 Å². The van der Waals surface area contributed by atoms with Gasteiger partial charge < -0.3 is 4.74 Å². The molecular formula is C22H28Cl2O. The third-order valence-electron chi connectivity index (χ3n) is 4.33. The third kappa shape index (κ3) is 9.30. The van der Waals surface area contributed by atoms with E-state index in [1.807, 2.05) is 24.3 Å². The van der Waals surface area contributed by atoms with E-state index in [1.54, 1.807) is 0 Å². The Morgan fingerprint density at radius 3 is 1.32 bits per heavy atom. The third-order valence-corrected chi connectivity index (χ3v) is 4.84. The van der Waals surface area contributed by atoms with Gasteiger partial charge in [0, 0.05) is 23.3 Å². The van der Waals surface area contributed by atoms with Crippen LogP contribution in [0.4, 0.5) is 0 Å². The van der Waals surface area contributed by atoms with Crippen molar-refractivity contribution in [3.63, 3.8) is 0 Å². The Morgan fingerprint density at radius 2 is 0.920 bits per heavy atom. The average molecular weight is 379 g/mol. The fourth-order valence-electron chi connectivity index (χ4n) is 2.82. The quantitative estimate of drug-likeness (QED) is 0.356. The lowest BCUT2D eigenvalue weighted by molar-refractivity contribution is 0.126. The molecule has 0 N–H and O–H groups in total. The number of ether oxygens (including phenoxy) is 1. The summed E-state index contributed by atoms with van der Waals surface area (Å²) >= 11 is 11.8. The number of hydrogen-bond donors (Lipinski definition) is 0. The Labute approximate surface area is 162 Å². The molecule has 136 valence electrons. The first-order chi connectivity index (χ1) is 12.2. The molecule has 0 fully saturated rings. The smallest absolute Gasteiger partial charge is 0.0466 e. The lowest BCUT2D eigenvalue weighted by Gasteiger charge is -2.05. The zero-order valence-corrected chi connectivity index (χ0v) is 16.4. The van der Waals surface area contributed by atoms with Crippen LogP contribution in [0.5, 0.6) is 0 Å². The van der Waals surface area contributed by atoms with Gasteiger partial charge in [-0.25, -0.2) is 0 Å². The monoisotopic (exact) mass is 378 g/mol. The van der Waals surface area contributed by atoms with Gasteiger partial charge in [-0.1, -0.05) is 60.3 Å². The van der Waals surface area contributed by atoms with Crippen LogP contribution in [0.2, 0.25) is 10.0 Å². The molecule has 0 amide bonds. The Balaban J connectivity index is 1.37. The van der Waals surface area contributed by atoms with Crippen molar-refractivity contribution < 1.29 is 4.74 Å². The van der Waals surface area contributed by atoms with E-state index in [-0.39, 0.29) is 0 Å². The molecule has 25 heavy (non-hydrogen) atoms. The Bertz CT molecular complexity index is 524. The molecule has 0 bridgehead atoms. The van der Waals surface area contributed by atoms with Crippen LogP contribution in [0.1, 0.15) is 49.7 Å². The molecule has 0 aromatic heterocycles. The van der Waals surface area contributed by atoms with Gasteiger partial charge in [-0.2, -0.15) is 0 Å². The summed E-state index contributed by atoms with van der Waals surface area (Å²) in [7, 11) is 0. The molecule has 0 spiro atoms. The lowest BCUT2D eigenvalue weighted by Crippen LogP contribution is -1.98. The van der Waals surface area contributed by atoms with Crippen molar-refractivity contribution in [2.24, 2.45) is 0 Å². The van der Waals surface area contributed by atoms with Crippen LogP contribution in [0.3, 0.4) is 0 Å². The first kappa shape index (κ1) is 20.3. The summed E-state index contributed by atoms with van der Waals surface area (Å²) in [5.41, 5.74) is 2.73. The van der Waals surface area contributed by atoms with E-state index in [9.17, 15) is 0 Å². The van der Waals surface area contributed by atoms with Gasteiger partial charge in [0.25, 0.3) is 0 Å². The summed E-state index contributed by atoms with van der Waals surface area (Å²) in [6.45, 7) is 1.77. The Kier molecular flexibility index (Phi) is 10.0. The summed E-state index contributed by atoms with van der Waals surface area (Å²) in [4.78, 5) is 0. The lowest BCUT2D eigenvalue weighted by atomic mass is 10.1. The zero-order chi connectivity index (χ0) is 17.7. The van der Waals surface area contributed by atoms with Crippen molar-refractivity contribution in [1.82, 2.24) is 0 Å². The van der Waals surface area contributed by atoms with Crippen LogP contribution in [-0.4, -0.2) is 13.2 Å². The van der Waals surface area contributed by atoms with Gasteiger partial charge in [-0.3, -0.25) is 0 Å². The van der Waals surface area contributed by atoms with Crippen LogP contribution in [0.25, 0.3) is 0 Å². The van der Waals surface area contributed by atoms with Gasteiger partial charge in [0.2, 0.25) is 0 Å². The summed E-state index contributed by atoms with van der Waals surface area (Å²) in [5.74, 6) is 0. The standard InChI is InChI=1S/C22H28Cl2O/c23-21-13-9-19(10-14-21)7-3-1-5-17-25-18-6-2-4-8-20-11-15-22(24)16-12-20/h9-16H,1-8,17-18H2. The normalized spacial score (nSPS) is 11.0. The van der Waals surface area contributed by atoms with Crippen molar-refractivity contribution in [3.05, 3.63) is 69.7 Å². The van der Waals surface area contributed by atoms with Crippen molar-refractivity contribution >= 4 is 23.2 Å². The van der Waals surface area contributed by atoms with E-state index in [4.69, 9.17) is 27.9 Å². The van der Waals surface area contributed by atoms with E-state index < -0.39 is 0 Å². The SMILES string of the molecule is Clc1ccc(CCCCCOCCCCCc2ccc(Cl)cc2)cc1. The van der Waals surface area contributed by atoms with Crippen LogP contribution < -0.4 is 0 Å². The summed E-state index contributed by atoms with van der Waals surface area (Å²) < 4.78 is 5.73. The molecule has 2 aromatic rings. The van der Waals surface area contributed by atoms with Gasteiger partial charge in [0.15, 0.2) is 0 Å².